The van der Waals surface area contributed by atoms with E-state index in [1.54, 1.807) is 26.4 Å². The highest BCUT2D eigenvalue weighted by atomic mass is 19.1. The number of anilines is 1. The molecule has 15 heteroatoms. The highest BCUT2D eigenvalue weighted by Crippen LogP contribution is 2.55. The van der Waals surface area contributed by atoms with Crippen LogP contribution in [0.3, 0.4) is 0 Å². The number of piperidine rings is 1. The zero-order valence-electron chi connectivity index (χ0n) is 36.8. The molecule has 3 N–H and O–H groups in total. The van der Waals surface area contributed by atoms with Crippen LogP contribution in [0.1, 0.15) is 79.7 Å². The quantitative estimate of drug-likeness (QED) is 0.135. The zero-order chi connectivity index (χ0) is 45.1. The van der Waals surface area contributed by atoms with Gasteiger partial charge in [0.05, 0.1) is 37.6 Å². The molecule has 7 rings (SSSR count). The maximum Gasteiger partial charge on any atom is 0.254 e. The van der Waals surface area contributed by atoms with Crippen molar-refractivity contribution in [3.8, 4) is 29.6 Å². The highest BCUT2D eigenvalue weighted by molar-refractivity contribution is 6.03. The summed E-state index contributed by atoms with van der Waals surface area (Å²) in [5, 5.41) is 7.98. The molecule has 63 heavy (non-hydrogen) atoms. The minimum absolute atomic E-state index is 0.0684. The van der Waals surface area contributed by atoms with Crippen LogP contribution in [0.4, 0.5) is 10.1 Å². The minimum Gasteiger partial charge on any atom is -0.495 e. The van der Waals surface area contributed by atoms with Crippen molar-refractivity contribution in [2.24, 2.45) is 10.8 Å². The number of hydrogen-bond donors (Lipinski definition) is 3. The summed E-state index contributed by atoms with van der Waals surface area (Å²) in [6.45, 7) is 12.3. The number of terminal acetylenes is 1. The Morgan fingerprint density at radius 2 is 1.68 bits per heavy atom. The Morgan fingerprint density at radius 1 is 0.968 bits per heavy atom. The average molecular weight is 868 g/mol. The van der Waals surface area contributed by atoms with Crippen molar-refractivity contribution < 1.29 is 47.3 Å². The number of hydrogen-bond acceptors (Lipinski definition) is 11. The second-order valence-corrected chi connectivity index (χ2v) is 18.0. The van der Waals surface area contributed by atoms with Gasteiger partial charge in [0, 0.05) is 98.8 Å². The number of halogens is 1. The summed E-state index contributed by atoms with van der Waals surface area (Å²) in [6, 6.07) is 16.4. The Kier molecular flexibility index (Phi) is 13.6. The Morgan fingerprint density at radius 3 is 2.35 bits per heavy atom. The zero-order valence-corrected chi connectivity index (χ0v) is 36.8. The van der Waals surface area contributed by atoms with E-state index in [1.165, 1.54) is 12.1 Å². The molecular formula is C48H58FN5O9. The van der Waals surface area contributed by atoms with E-state index in [1.807, 2.05) is 36.4 Å². The number of carbonyl (C=O) groups excluding carboxylic acids is 4. The molecule has 4 fully saturated rings. The molecule has 3 aromatic carbocycles. The summed E-state index contributed by atoms with van der Waals surface area (Å²) >= 11 is 0. The molecule has 0 aromatic heterocycles. The standard InChI is InChI=1S/C48H58FN5O9/c1-8-29-11-14-34(26-40(29)60-7)63-46-47(2,3)45(48(46,4)5)52-42(56)30-9-12-31(13-10-30)53-20-22-61-36(27-53)28-54(19-21-59-6)32-23-35(24-32)62-33-15-16-37(38(49)25-33)43(57)50-39-17-18-41(55)51-44(39)58/h1,9-16,25-26,32,35-36,39,45-46H,17-24,27-28H2,2-7H3,(H,50,57)(H,52,56)(H,51,55,58)/t32?,35?,36-,39-,45?,46?/m1/s1. The summed E-state index contributed by atoms with van der Waals surface area (Å²) in [5.74, 6) is 1.53. The first-order valence-corrected chi connectivity index (χ1v) is 21.5. The van der Waals surface area contributed by atoms with Crippen molar-refractivity contribution in [1.82, 2.24) is 20.9 Å². The SMILES string of the molecule is C#Cc1ccc(OC2C(C)(C)C(NC(=O)c3ccc(N4CCO[C@@H](CN(CCOC)C5CC(Oc6ccc(C(=O)N[C@@H]7CCC(=O)NC7=O)c(F)c6)C5)C4)cc3)C2(C)C)cc1OC. The number of morpholine rings is 1. The Labute approximate surface area is 368 Å². The van der Waals surface area contributed by atoms with Crippen LogP contribution in [0, 0.1) is 29.0 Å². The van der Waals surface area contributed by atoms with Crippen LogP contribution in [0.2, 0.25) is 0 Å². The van der Waals surface area contributed by atoms with E-state index in [0.29, 0.717) is 61.2 Å². The number of ether oxygens (including phenoxy) is 5. The number of methoxy groups -OCH3 is 2. The molecule has 4 aliphatic rings. The molecular weight excluding hydrogens is 810 g/mol. The number of nitrogens with one attached hydrogen (secondary N) is 3. The van der Waals surface area contributed by atoms with Crippen molar-refractivity contribution in [3.05, 3.63) is 83.2 Å². The third-order valence-corrected chi connectivity index (χ3v) is 13.0. The normalized spacial score (nSPS) is 24.8. The molecule has 2 heterocycles. The maximum atomic E-state index is 15.1. The second-order valence-electron chi connectivity index (χ2n) is 18.0. The molecule has 14 nitrogen and oxygen atoms in total. The molecule has 2 aliphatic carbocycles. The van der Waals surface area contributed by atoms with Gasteiger partial charge in [-0.15, -0.1) is 6.42 Å². The first kappa shape index (κ1) is 45.3. The fourth-order valence-corrected chi connectivity index (χ4v) is 9.74. The molecule has 2 aliphatic heterocycles. The number of carbonyl (C=O) groups is 4. The molecule has 4 amide bonds. The highest BCUT2D eigenvalue weighted by Gasteiger charge is 2.64. The molecule has 3 aromatic rings. The van der Waals surface area contributed by atoms with Crippen LogP contribution < -0.4 is 35.1 Å². The van der Waals surface area contributed by atoms with Crippen LogP contribution in [0.15, 0.2) is 60.7 Å². The lowest BCUT2D eigenvalue weighted by atomic mass is 9.49. The van der Waals surface area contributed by atoms with Crippen LogP contribution in [-0.2, 0) is 19.1 Å². The maximum absolute atomic E-state index is 15.1. The fourth-order valence-electron chi connectivity index (χ4n) is 9.74. The van der Waals surface area contributed by atoms with Crippen LogP contribution in [0.5, 0.6) is 17.2 Å². The first-order valence-electron chi connectivity index (χ1n) is 21.5. The van der Waals surface area contributed by atoms with Crippen LogP contribution in [-0.4, -0.2) is 119 Å². The Balaban J connectivity index is 0.893. The average Bonchev–Trinajstić information content (AvgIpc) is 3.25. The Bertz CT molecular complexity index is 2200. The predicted octanol–water partition coefficient (Wildman–Crippen LogP) is 4.73. The third kappa shape index (κ3) is 9.93. The van der Waals surface area contributed by atoms with E-state index < -0.39 is 29.6 Å². The van der Waals surface area contributed by atoms with Gasteiger partial charge in [-0.1, -0.05) is 33.6 Å². The predicted molar refractivity (Wildman–Crippen MR) is 233 cm³/mol. The minimum atomic E-state index is -0.903. The molecule has 0 bridgehead atoms. The van der Waals surface area contributed by atoms with Gasteiger partial charge in [0.2, 0.25) is 11.8 Å². The lowest BCUT2D eigenvalue weighted by Gasteiger charge is -2.63. The summed E-state index contributed by atoms with van der Waals surface area (Å²) in [7, 11) is 3.26. The van der Waals surface area contributed by atoms with E-state index in [4.69, 9.17) is 30.1 Å². The summed E-state index contributed by atoms with van der Waals surface area (Å²) in [4.78, 5) is 54.5. The third-order valence-electron chi connectivity index (χ3n) is 13.0. The Hall–Kier alpha value is -5.69. The number of imide groups is 1. The molecule has 0 unspecified atom stereocenters. The van der Waals surface area contributed by atoms with E-state index >= 15 is 4.39 Å². The number of nitrogens with zero attached hydrogens (tertiary/aromatic N) is 2. The van der Waals surface area contributed by atoms with Crippen molar-refractivity contribution in [1.29, 1.82) is 0 Å². The van der Waals surface area contributed by atoms with Gasteiger partial charge in [-0.25, -0.2) is 4.39 Å². The van der Waals surface area contributed by atoms with Gasteiger partial charge in [0.1, 0.15) is 41.3 Å². The van der Waals surface area contributed by atoms with Crippen LogP contribution >= 0.6 is 0 Å². The van der Waals surface area contributed by atoms with Gasteiger partial charge in [0.15, 0.2) is 0 Å². The van der Waals surface area contributed by atoms with Crippen LogP contribution in [0.25, 0.3) is 0 Å². The smallest absolute Gasteiger partial charge is 0.254 e. The first-order chi connectivity index (χ1) is 30.1. The number of amides is 4. The van der Waals surface area contributed by atoms with Crippen molar-refractivity contribution in [3.63, 3.8) is 0 Å². The molecule has 336 valence electrons. The lowest BCUT2D eigenvalue weighted by Crippen LogP contribution is -2.74. The van der Waals surface area contributed by atoms with Crippen molar-refractivity contribution in [2.75, 3.05) is 58.5 Å². The molecule has 0 radical (unpaired) electrons. The summed E-state index contributed by atoms with van der Waals surface area (Å²) < 4.78 is 44.8. The number of benzene rings is 3. The molecule has 2 saturated heterocycles. The van der Waals surface area contributed by atoms with E-state index in [0.717, 1.165) is 25.1 Å². The summed E-state index contributed by atoms with van der Waals surface area (Å²) in [6.07, 6.45) is 6.93. The number of rotatable bonds is 16. The molecule has 2 saturated carbocycles. The van der Waals surface area contributed by atoms with Gasteiger partial charge in [-0.3, -0.25) is 29.4 Å². The topological polar surface area (TPSA) is 157 Å². The molecule has 2 atom stereocenters. The van der Waals surface area contributed by atoms with E-state index in [-0.39, 0.29) is 65.5 Å². The van der Waals surface area contributed by atoms with Gasteiger partial charge >= 0.3 is 0 Å². The largest absolute Gasteiger partial charge is 0.495 e. The van der Waals surface area contributed by atoms with Gasteiger partial charge < -0.3 is 39.2 Å². The summed E-state index contributed by atoms with van der Waals surface area (Å²) in [5.41, 5.74) is 1.31. The fraction of sp³-hybridized carbons (Fsp3) is 0.500. The van der Waals surface area contributed by atoms with Crippen molar-refractivity contribution in [2.45, 2.75) is 89.8 Å². The van der Waals surface area contributed by atoms with Gasteiger partial charge in [-0.2, -0.15) is 0 Å². The monoisotopic (exact) mass is 867 g/mol. The lowest BCUT2D eigenvalue weighted by molar-refractivity contribution is -0.164. The van der Waals surface area contributed by atoms with E-state index in [2.05, 4.69) is 59.4 Å². The molecule has 0 spiro atoms. The second kappa shape index (κ2) is 19.0. The van der Waals surface area contributed by atoms with E-state index in [9.17, 15) is 19.2 Å². The van der Waals surface area contributed by atoms with Gasteiger partial charge in [-0.05, 0) is 55.0 Å². The van der Waals surface area contributed by atoms with Gasteiger partial charge in [0.25, 0.3) is 11.8 Å². The van der Waals surface area contributed by atoms with Crippen molar-refractivity contribution >= 4 is 29.3 Å².